The molecule has 0 aliphatic heterocycles. The number of rotatable bonds is 2. The monoisotopic (exact) mass is 379 g/mol. The Morgan fingerprint density at radius 2 is 2.15 bits per heavy atom. The molecule has 27 heavy (non-hydrogen) atoms. The number of carbonyl (C=O) groups excluding carboxylic acids is 2. The number of hydrogen-bond donors (Lipinski definition) is 2. The summed E-state index contributed by atoms with van der Waals surface area (Å²) in [6.07, 6.45) is 3.84. The van der Waals surface area contributed by atoms with Crippen LogP contribution in [0.25, 0.3) is 0 Å². The van der Waals surface area contributed by atoms with Crippen molar-refractivity contribution in [1.29, 1.82) is 0 Å². The Bertz CT molecular complexity index is 882. The topological polar surface area (TPSA) is 74.6 Å². The van der Waals surface area contributed by atoms with Gasteiger partial charge in [0.15, 0.2) is 17.2 Å². The number of alkyl halides is 1. The van der Waals surface area contributed by atoms with Crippen LogP contribution in [0.1, 0.15) is 50.6 Å². The lowest BCUT2D eigenvalue weighted by Gasteiger charge is -2.62. The molecule has 0 aromatic heterocycles. The summed E-state index contributed by atoms with van der Waals surface area (Å²) in [6, 6.07) is 0. The van der Waals surface area contributed by atoms with Crippen molar-refractivity contribution in [2.45, 2.75) is 58.2 Å². The van der Waals surface area contributed by atoms with E-state index in [2.05, 4.69) is 0 Å². The Labute approximate surface area is 163 Å². The summed E-state index contributed by atoms with van der Waals surface area (Å²) in [5, 5.41) is 21.0. The van der Waals surface area contributed by atoms with Crippen LogP contribution in [0, 0.1) is 34.5 Å². The maximum atomic E-state index is 17.0. The maximum absolute atomic E-state index is 17.0. The van der Waals surface area contributed by atoms with Crippen molar-refractivity contribution in [2.75, 3.05) is 6.56 Å². The highest BCUT2D eigenvalue weighted by Crippen LogP contribution is 2.69. The van der Waals surface area contributed by atoms with Crippen LogP contribution in [0.3, 0.4) is 0 Å². The van der Waals surface area contributed by atoms with Gasteiger partial charge in [-0.1, -0.05) is 25.5 Å². The van der Waals surface area contributed by atoms with Crippen LogP contribution in [0.15, 0.2) is 23.8 Å². The van der Waals surface area contributed by atoms with Crippen LogP contribution in [0.4, 0.5) is 4.39 Å². The molecule has 4 rings (SSSR count). The van der Waals surface area contributed by atoms with E-state index in [1.165, 1.54) is 12.2 Å². The van der Waals surface area contributed by atoms with Gasteiger partial charge >= 0.3 is 0 Å². The van der Waals surface area contributed by atoms with Gasteiger partial charge in [-0.2, -0.15) is 0 Å². The minimum absolute atomic E-state index is 0.190. The molecule has 0 radical (unpaired) electrons. The smallest absolute Gasteiger partial charge is 0.178 e. The second kappa shape index (κ2) is 5.84. The summed E-state index contributed by atoms with van der Waals surface area (Å²) in [6.45, 7) is 1.85. The largest absolute Gasteiger partial charge is 0.390 e. The van der Waals surface area contributed by atoms with Gasteiger partial charge in [0.25, 0.3) is 0 Å². The van der Waals surface area contributed by atoms with Gasteiger partial charge in [0.05, 0.1) is 8.85 Å². The molecule has 0 aromatic carbocycles. The first-order chi connectivity index (χ1) is 13.6. The summed E-state index contributed by atoms with van der Waals surface area (Å²) in [5.74, 6) is -5.10. The fourth-order valence-corrected chi connectivity index (χ4v) is 6.91. The highest BCUT2D eigenvalue weighted by Gasteiger charge is 2.71. The Kier molecular flexibility index (Phi) is 3.37. The van der Waals surface area contributed by atoms with Gasteiger partial charge in [0.1, 0.15) is 6.56 Å². The standard InChI is InChI=1S/C22H29FO4/c1-12-8-16-15-5-4-13-9-14(25)6-7-21(13,3)22(15,23)18(27)10-20(16,2)19(12)17(26)11-24/h6-7,9,12,15-16,18-19,24,27H,4-5,8,10-11H2,1-3H3/t12-,15+,16+,18+,19-,20+,21+,22+/m1/s1/i11D2,19D. The molecule has 2 N–H and O–H groups in total. The maximum Gasteiger partial charge on any atom is 0.178 e. The third kappa shape index (κ3) is 2.21. The van der Waals surface area contributed by atoms with Gasteiger partial charge in [-0.3, -0.25) is 9.59 Å². The molecular weight excluding hydrogens is 347 g/mol. The summed E-state index contributed by atoms with van der Waals surface area (Å²) in [4.78, 5) is 24.8. The molecule has 148 valence electrons. The van der Waals surface area contributed by atoms with Crippen LogP contribution in [0.2, 0.25) is 0 Å². The Hall–Kier alpha value is -1.33. The molecule has 3 fully saturated rings. The van der Waals surface area contributed by atoms with E-state index in [-0.39, 0.29) is 12.2 Å². The summed E-state index contributed by atoms with van der Waals surface area (Å²) in [7, 11) is 0. The van der Waals surface area contributed by atoms with E-state index in [1.54, 1.807) is 26.8 Å². The number of aliphatic hydroxyl groups excluding tert-OH is 1. The van der Waals surface area contributed by atoms with Gasteiger partial charge in [-0.25, -0.2) is 4.39 Å². The fourth-order valence-electron chi connectivity index (χ4n) is 6.91. The van der Waals surface area contributed by atoms with Crippen LogP contribution < -0.4 is 0 Å². The van der Waals surface area contributed by atoms with Crippen molar-refractivity contribution in [2.24, 2.45) is 34.5 Å². The molecular formula is C22H29FO4. The number of hydrogen-bond acceptors (Lipinski definition) is 4. The Morgan fingerprint density at radius 1 is 1.44 bits per heavy atom. The third-order valence-electron chi connectivity index (χ3n) is 8.09. The highest BCUT2D eigenvalue weighted by atomic mass is 19.1. The van der Waals surface area contributed by atoms with Gasteiger partial charge in [0, 0.05) is 18.6 Å². The van der Waals surface area contributed by atoms with Gasteiger partial charge in [-0.15, -0.1) is 0 Å². The number of fused-ring (bicyclic) bond motifs is 5. The molecule has 0 spiro atoms. The Balaban J connectivity index is 1.84. The molecule has 0 bridgehead atoms. The first-order valence-corrected chi connectivity index (χ1v) is 9.72. The van der Waals surface area contributed by atoms with Crippen molar-refractivity contribution in [3.8, 4) is 0 Å². The van der Waals surface area contributed by atoms with Gasteiger partial charge in [-0.05, 0) is 62.0 Å². The first kappa shape index (κ1) is 15.6. The van der Waals surface area contributed by atoms with E-state index in [9.17, 15) is 19.8 Å². The number of aliphatic hydroxyl groups is 2. The van der Waals surface area contributed by atoms with E-state index in [4.69, 9.17) is 4.11 Å². The molecule has 4 nitrogen and oxygen atoms in total. The number of allylic oxidation sites excluding steroid dienone is 4. The summed E-state index contributed by atoms with van der Waals surface area (Å²) >= 11 is 0. The molecule has 4 aliphatic carbocycles. The lowest BCUT2D eigenvalue weighted by Crippen LogP contribution is -2.66. The third-order valence-corrected chi connectivity index (χ3v) is 8.09. The minimum Gasteiger partial charge on any atom is -0.390 e. The molecule has 0 saturated heterocycles. The van der Waals surface area contributed by atoms with E-state index < -0.39 is 58.6 Å². The minimum atomic E-state index is -3.18. The summed E-state index contributed by atoms with van der Waals surface area (Å²) < 4.78 is 41.0. The normalized spacial score (nSPS) is 56.1. The lowest BCUT2D eigenvalue weighted by atomic mass is 9.45. The van der Waals surface area contributed by atoms with E-state index >= 15 is 4.39 Å². The molecule has 4 aliphatic rings. The zero-order valence-corrected chi connectivity index (χ0v) is 16.0. The fraction of sp³-hybridized carbons (Fsp3) is 0.727. The first-order valence-electron chi connectivity index (χ1n) is 11.2. The zero-order chi connectivity index (χ0) is 22.5. The van der Waals surface area contributed by atoms with Crippen molar-refractivity contribution in [3.63, 3.8) is 0 Å². The predicted octanol–water partition coefficient (Wildman–Crippen LogP) is 2.78. The average Bonchev–Trinajstić information content (AvgIpc) is 2.84. The molecule has 0 heterocycles. The number of halogens is 1. The number of carbonyl (C=O) groups is 2. The van der Waals surface area contributed by atoms with E-state index in [1.807, 2.05) is 0 Å². The van der Waals surface area contributed by atoms with E-state index in [0.717, 1.165) is 0 Å². The van der Waals surface area contributed by atoms with Crippen molar-refractivity contribution in [1.82, 2.24) is 0 Å². The molecule has 0 unspecified atom stereocenters. The second-order valence-corrected chi connectivity index (χ2v) is 9.26. The number of Topliss-reactive ketones (excluding diaryl/α,β-unsaturated/α-hetero) is 1. The van der Waals surface area contributed by atoms with Gasteiger partial charge in [0.2, 0.25) is 0 Å². The van der Waals surface area contributed by atoms with Crippen molar-refractivity contribution >= 4 is 11.6 Å². The van der Waals surface area contributed by atoms with E-state index in [0.29, 0.717) is 24.8 Å². The summed E-state index contributed by atoms with van der Waals surface area (Å²) in [5.41, 5.74) is -3.76. The van der Waals surface area contributed by atoms with Gasteiger partial charge < -0.3 is 10.2 Å². The quantitative estimate of drug-likeness (QED) is 0.774. The molecule has 5 heteroatoms. The highest BCUT2D eigenvalue weighted by molar-refractivity contribution is 6.01. The lowest BCUT2D eigenvalue weighted by molar-refractivity contribution is -0.195. The Morgan fingerprint density at radius 3 is 2.81 bits per heavy atom. The van der Waals surface area contributed by atoms with Crippen LogP contribution >= 0.6 is 0 Å². The van der Waals surface area contributed by atoms with Crippen molar-refractivity contribution < 1.29 is 28.3 Å². The average molecular weight is 379 g/mol. The predicted molar refractivity (Wildman–Crippen MR) is 98.5 cm³/mol. The number of ketones is 2. The van der Waals surface area contributed by atoms with Crippen LogP contribution in [0.5, 0.6) is 0 Å². The molecule has 8 atom stereocenters. The molecule has 3 saturated carbocycles. The van der Waals surface area contributed by atoms with Crippen LogP contribution in [-0.4, -0.2) is 40.1 Å². The molecule has 0 aromatic rings. The van der Waals surface area contributed by atoms with Crippen molar-refractivity contribution in [3.05, 3.63) is 23.8 Å². The SMILES string of the molecule is [2H]C([2H])(O)C(=O)[C@@]1([2H])[C@H](C)C[C@H]2[C@@H]3CCC4=CC(=O)C=C[C@]4(C)[C@@]3(F)[C@@H](O)C[C@@]21C. The van der Waals surface area contributed by atoms with Crippen LogP contribution in [-0.2, 0) is 9.59 Å². The molecule has 0 amide bonds. The zero-order valence-electron chi connectivity index (χ0n) is 19.0. The second-order valence-electron chi connectivity index (χ2n) is 9.26.